The maximum absolute atomic E-state index is 12.9. The fourth-order valence-electron chi connectivity index (χ4n) is 1.06. The van der Waals surface area contributed by atoms with E-state index in [1.165, 1.54) is 18.5 Å². The molecule has 2 rings (SSSR count). The van der Waals surface area contributed by atoms with E-state index in [2.05, 4.69) is 9.97 Å². The van der Waals surface area contributed by atoms with Gasteiger partial charge in [0.15, 0.2) is 5.75 Å². The molecule has 0 spiro atoms. The zero-order valence-electron chi connectivity index (χ0n) is 6.40. The van der Waals surface area contributed by atoms with Crippen molar-refractivity contribution in [3.63, 3.8) is 0 Å². The minimum Gasteiger partial charge on any atom is -0.504 e. The summed E-state index contributed by atoms with van der Waals surface area (Å²) >= 11 is 0. The van der Waals surface area contributed by atoms with Crippen LogP contribution in [-0.4, -0.2) is 20.2 Å². The Morgan fingerprint density at radius 2 is 2.08 bits per heavy atom. The lowest BCUT2D eigenvalue weighted by Crippen LogP contribution is -1.87. The molecule has 0 fully saturated rings. The number of nitrogens with zero attached hydrogens (tertiary/aromatic N) is 2. The van der Waals surface area contributed by atoms with Crippen molar-refractivity contribution in [1.29, 1.82) is 0 Å². The van der Waals surface area contributed by atoms with Crippen LogP contribution in [0.15, 0.2) is 18.5 Å². The maximum Gasteiger partial charge on any atom is 0.252 e. The normalized spacial score (nSPS) is 10.5. The van der Waals surface area contributed by atoms with Crippen LogP contribution in [0.4, 0.5) is 4.39 Å². The molecule has 0 aliphatic rings. The summed E-state index contributed by atoms with van der Waals surface area (Å²) in [5, 5.41) is 18.4. The van der Waals surface area contributed by atoms with Crippen LogP contribution >= 0.6 is 0 Å². The minimum atomic E-state index is -1.11. The molecular weight excluding hydrogens is 175 g/mol. The second-order valence-electron chi connectivity index (χ2n) is 2.49. The summed E-state index contributed by atoms with van der Waals surface area (Å²) in [5.41, 5.74) is 0.249. The van der Waals surface area contributed by atoms with E-state index in [0.717, 1.165) is 0 Å². The fraction of sp³-hybridized carbons (Fsp3) is 0. The van der Waals surface area contributed by atoms with Gasteiger partial charge in [0, 0.05) is 11.6 Å². The molecule has 2 N–H and O–H groups in total. The highest BCUT2D eigenvalue weighted by atomic mass is 19.1. The molecule has 0 atom stereocenters. The van der Waals surface area contributed by atoms with Gasteiger partial charge in [0.25, 0.3) is 5.88 Å². The minimum absolute atomic E-state index is 0.227. The molecule has 0 aliphatic carbocycles. The lowest BCUT2D eigenvalue weighted by Gasteiger charge is -2.01. The number of hydrogen-bond donors (Lipinski definition) is 2. The van der Waals surface area contributed by atoms with E-state index in [0.29, 0.717) is 0 Å². The molecule has 0 unspecified atom stereocenters. The number of aromatic nitrogens is 2. The van der Waals surface area contributed by atoms with Crippen molar-refractivity contribution in [3.05, 3.63) is 24.3 Å². The quantitative estimate of drug-likeness (QED) is 0.638. The van der Waals surface area contributed by atoms with Crippen molar-refractivity contribution in [1.82, 2.24) is 9.97 Å². The molecule has 2 heterocycles. The molecule has 0 bridgehead atoms. The van der Waals surface area contributed by atoms with E-state index in [4.69, 9.17) is 5.11 Å². The Labute approximate surface area is 72.3 Å². The Kier molecular flexibility index (Phi) is 1.51. The third-order valence-electron chi connectivity index (χ3n) is 1.69. The topological polar surface area (TPSA) is 66.2 Å². The number of fused-ring (bicyclic) bond motifs is 1. The molecule has 2 aromatic rings. The Bertz CT molecular complexity index is 473. The summed E-state index contributed by atoms with van der Waals surface area (Å²) in [4.78, 5) is 7.21. The van der Waals surface area contributed by atoms with Gasteiger partial charge in [-0.2, -0.15) is 4.39 Å². The van der Waals surface area contributed by atoms with Crippen LogP contribution in [0.3, 0.4) is 0 Å². The van der Waals surface area contributed by atoms with Crippen molar-refractivity contribution < 1.29 is 14.6 Å². The van der Waals surface area contributed by atoms with Crippen LogP contribution in [0.5, 0.6) is 11.6 Å². The molecule has 0 radical (unpaired) electrons. The first-order valence-electron chi connectivity index (χ1n) is 3.51. The highest BCUT2D eigenvalue weighted by molar-refractivity contribution is 5.84. The Morgan fingerprint density at radius 3 is 2.85 bits per heavy atom. The molecule has 66 valence electrons. The first-order chi connectivity index (χ1) is 6.20. The van der Waals surface area contributed by atoms with E-state index in [9.17, 15) is 9.50 Å². The molecule has 0 amide bonds. The Hall–Kier alpha value is -1.91. The Morgan fingerprint density at radius 1 is 1.31 bits per heavy atom. The van der Waals surface area contributed by atoms with E-state index in [1.54, 1.807) is 0 Å². The second kappa shape index (κ2) is 2.55. The van der Waals surface area contributed by atoms with Crippen LogP contribution in [-0.2, 0) is 0 Å². The zero-order chi connectivity index (χ0) is 9.42. The summed E-state index contributed by atoms with van der Waals surface area (Å²) in [5.74, 6) is -2.54. The lowest BCUT2D eigenvalue weighted by atomic mass is 10.2. The zero-order valence-corrected chi connectivity index (χ0v) is 6.40. The van der Waals surface area contributed by atoms with Crippen LogP contribution in [0, 0.1) is 5.82 Å². The lowest BCUT2D eigenvalue weighted by molar-refractivity contribution is 0.381. The van der Waals surface area contributed by atoms with Crippen molar-refractivity contribution in [2.24, 2.45) is 0 Å². The van der Waals surface area contributed by atoms with Crippen molar-refractivity contribution in [2.75, 3.05) is 0 Å². The van der Waals surface area contributed by atoms with Gasteiger partial charge < -0.3 is 10.2 Å². The number of aromatic hydroxyl groups is 2. The van der Waals surface area contributed by atoms with Crippen molar-refractivity contribution >= 4 is 10.9 Å². The summed E-state index contributed by atoms with van der Waals surface area (Å²) in [6, 6.07) is 1.42. The van der Waals surface area contributed by atoms with Crippen LogP contribution < -0.4 is 0 Å². The maximum atomic E-state index is 12.9. The molecule has 0 aliphatic heterocycles. The van der Waals surface area contributed by atoms with Gasteiger partial charge in [-0.05, 0) is 6.07 Å². The van der Waals surface area contributed by atoms with Gasteiger partial charge in [-0.1, -0.05) is 0 Å². The van der Waals surface area contributed by atoms with Gasteiger partial charge in [-0.15, -0.1) is 0 Å². The number of hydrogen-bond acceptors (Lipinski definition) is 4. The standard InChI is InChI=1S/C8H5FN2O2/c9-6-7(12)4-1-2-10-3-5(4)11-8(6)13/h1-3H,(H2,11,12,13). The highest BCUT2D eigenvalue weighted by Gasteiger charge is 2.12. The number of rotatable bonds is 0. The summed E-state index contributed by atoms with van der Waals surface area (Å²) in [7, 11) is 0. The first-order valence-corrected chi connectivity index (χ1v) is 3.51. The third kappa shape index (κ3) is 1.05. The van der Waals surface area contributed by atoms with Crippen molar-refractivity contribution in [2.45, 2.75) is 0 Å². The summed E-state index contributed by atoms with van der Waals surface area (Å²) in [6.45, 7) is 0. The smallest absolute Gasteiger partial charge is 0.252 e. The Balaban J connectivity index is 2.94. The van der Waals surface area contributed by atoms with Crippen LogP contribution in [0.1, 0.15) is 0 Å². The second-order valence-corrected chi connectivity index (χ2v) is 2.49. The largest absolute Gasteiger partial charge is 0.504 e. The molecular formula is C8H5FN2O2. The monoisotopic (exact) mass is 180 g/mol. The molecule has 5 heteroatoms. The molecule has 13 heavy (non-hydrogen) atoms. The molecule has 0 saturated carbocycles. The average molecular weight is 180 g/mol. The highest BCUT2D eigenvalue weighted by Crippen LogP contribution is 2.30. The van der Waals surface area contributed by atoms with Crippen molar-refractivity contribution in [3.8, 4) is 11.6 Å². The SMILES string of the molecule is Oc1nc2cnccc2c(O)c1F. The van der Waals surface area contributed by atoms with E-state index in [1.807, 2.05) is 0 Å². The van der Waals surface area contributed by atoms with Gasteiger partial charge >= 0.3 is 0 Å². The molecule has 4 nitrogen and oxygen atoms in total. The van der Waals surface area contributed by atoms with Crippen LogP contribution in [0.2, 0.25) is 0 Å². The fourth-order valence-corrected chi connectivity index (χ4v) is 1.06. The van der Waals surface area contributed by atoms with E-state index in [-0.39, 0.29) is 10.9 Å². The molecule has 0 saturated heterocycles. The van der Waals surface area contributed by atoms with Gasteiger partial charge in [-0.25, -0.2) is 4.98 Å². The number of halogens is 1. The van der Waals surface area contributed by atoms with Gasteiger partial charge in [0.1, 0.15) is 0 Å². The van der Waals surface area contributed by atoms with Gasteiger partial charge in [0.05, 0.1) is 11.7 Å². The molecule has 0 aromatic carbocycles. The van der Waals surface area contributed by atoms with Gasteiger partial charge in [0.2, 0.25) is 5.82 Å². The third-order valence-corrected chi connectivity index (χ3v) is 1.69. The molecule has 2 aromatic heterocycles. The van der Waals surface area contributed by atoms with Crippen LogP contribution in [0.25, 0.3) is 10.9 Å². The predicted molar refractivity (Wildman–Crippen MR) is 42.8 cm³/mol. The predicted octanol–water partition coefficient (Wildman–Crippen LogP) is 1.18. The summed E-state index contributed by atoms with van der Waals surface area (Å²) < 4.78 is 12.9. The van der Waals surface area contributed by atoms with E-state index < -0.39 is 17.4 Å². The van der Waals surface area contributed by atoms with Gasteiger partial charge in [-0.3, -0.25) is 4.98 Å². The summed E-state index contributed by atoms with van der Waals surface area (Å²) in [6.07, 6.45) is 2.73. The van der Waals surface area contributed by atoms with E-state index >= 15 is 0 Å². The average Bonchev–Trinajstić information content (AvgIpc) is 2.15. The number of pyridine rings is 2. The first kappa shape index (κ1) is 7.72.